The van der Waals surface area contributed by atoms with Gasteiger partial charge in [-0.05, 0) is 49.6 Å². The van der Waals surface area contributed by atoms with Crippen LogP contribution in [0.15, 0.2) is 52.4 Å². The minimum atomic E-state index is -3.51. The highest BCUT2D eigenvalue weighted by atomic mass is 32.2. The molecule has 0 saturated carbocycles. The molecule has 28 heavy (non-hydrogen) atoms. The maximum atomic E-state index is 13.5. The summed E-state index contributed by atoms with van der Waals surface area (Å²) in [7, 11) is -3.51. The summed E-state index contributed by atoms with van der Waals surface area (Å²) in [5.74, 6) is -0.136. The lowest BCUT2D eigenvalue weighted by molar-refractivity contribution is -0.116. The van der Waals surface area contributed by atoms with Crippen molar-refractivity contribution >= 4 is 27.5 Å². The molecule has 2 aromatic carbocycles. The average Bonchev–Trinajstić information content (AvgIpc) is 2.92. The van der Waals surface area contributed by atoms with Crippen molar-refractivity contribution in [3.8, 4) is 0 Å². The number of aliphatic imine (C=N–C) groups is 1. The lowest BCUT2D eigenvalue weighted by Crippen LogP contribution is -2.22. The summed E-state index contributed by atoms with van der Waals surface area (Å²) in [4.78, 5) is 16.5. The normalized spacial score (nSPS) is 15.9. The molecule has 0 fully saturated rings. The first-order valence-electron chi connectivity index (χ1n) is 9.09. The van der Waals surface area contributed by atoms with Gasteiger partial charge in [-0.3, -0.25) is 14.5 Å². The molecule has 0 saturated heterocycles. The van der Waals surface area contributed by atoms with Crippen molar-refractivity contribution in [1.29, 1.82) is 0 Å². The van der Waals surface area contributed by atoms with Crippen molar-refractivity contribution < 1.29 is 17.6 Å². The molecule has 0 aliphatic carbocycles. The van der Waals surface area contributed by atoms with Crippen molar-refractivity contribution in [1.82, 2.24) is 4.72 Å². The van der Waals surface area contributed by atoms with E-state index in [9.17, 15) is 17.6 Å². The fraction of sp³-hybridized carbons (Fsp3) is 0.300. The Hall–Kier alpha value is -2.74. The largest absolute Gasteiger partial charge is 0.326 e. The number of sulfonamides is 1. The molecule has 8 heteroatoms. The SMILES string of the molecule is Cc1ccc(NC(=O)CCCCCN=C2NS(=O)(=O)c3ccccc32)cc1F. The van der Waals surface area contributed by atoms with E-state index in [2.05, 4.69) is 15.0 Å². The van der Waals surface area contributed by atoms with Crippen LogP contribution in [-0.2, 0) is 14.8 Å². The van der Waals surface area contributed by atoms with Gasteiger partial charge in [-0.25, -0.2) is 12.8 Å². The molecule has 0 atom stereocenters. The number of fused-ring (bicyclic) bond motifs is 1. The highest BCUT2D eigenvalue weighted by molar-refractivity contribution is 7.90. The second-order valence-electron chi connectivity index (χ2n) is 6.65. The molecular formula is C20H22FN3O3S. The zero-order chi connectivity index (χ0) is 20.1. The smallest absolute Gasteiger partial charge is 0.263 e. The number of nitrogens with zero attached hydrogens (tertiary/aromatic N) is 1. The Morgan fingerprint density at radius 2 is 1.93 bits per heavy atom. The number of amidine groups is 1. The number of halogens is 1. The van der Waals surface area contributed by atoms with Gasteiger partial charge in [0.05, 0.1) is 4.90 Å². The quantitative estimate of drug-likeness (QED) is 0.695. The van der Waals surface area contributed by atoms with Crippen LogP contribution >= 0.6 is 0 Å². The fourth-order valence-corrected chi connectivity index (χ4v) is 4.16. The van der Waals surface area contributed by atoms with Gasteiger partial charge in [0.2, 0.25) is 5.91 Å². The summed E-state index contributed by atoms with van der Waals surface area (Å²) >= 11 is 0. The summed E-state index contributed by atoms with van der Waals surface area (Å²) in [6, 6.07) is 11.3. The molecule has 0 unspecified atom stereocenters. The maximum Gasteiger partial charge on any atom is 0.263 e. The Balaban J connectivity index is 1.41. The first-order valence-corrected chi connectivity index (χ1v) is 10.6. The third kappa shape index (κ3) is 4.75. The van der Waals surface area contributed by atoms with Crippen molar-refractivity contribution in [2.75, 3.05) is 11.9 Å². The average molecular weight is 403 g/mol. The first-order chi connectivity index (χ1) is 13.4. The van der Waals surface area contributed by atoms with Crippen LogP contribution < -0.4 is 10.0 Å². The van der Waals surface area contributed by atoms with E-state index in [1.165, 1.54) is 6.07 Å². The first kappa shape index (κ1) is 20.0. The Labute approximate surface area is 163 Å². The standard InChI is InChI=1S/C20H22FN3O3S/c1-14-10-11-15(13-17(14)21)23-19(25)9-3-2-6-12-22-20-16-7-4-5-8-18(16)28(26,27)24-20/h4-5,7-8,10-11,13H,2-3,6,9,12H2,1H3,(H,22,24)(H,23,25). The molecule has 0 radical (unpaired) electrons. The zero-order valence-corrected chi connectivity index (χ0v) is 16.4. The zero-order valence-electron chi connectivity index (χ0n) is 15.5. The van der Waals surface area contributed by atoms with Crippen LogP contribution in [-0.4, -0.2) is 26.7 Å². The van der Waals surface area contributed by atoms with Crippen LogP contribution in [0, 0.1) is 12.7 Å². The van der Waals surface area contributed by atoms with E-state index in [1.54, 1.807) is 43.3 Å². The highest BCUT2D eigenvalue weighted by Crippen LogP contribution is 2.22. The summed E-state index contributed by atoms with van der Waals surface area (Å²) < 4.78 is 40.0. The molecule has 0 aromatic heterocycles. The molecule has 2 aromatic rings. The van der Waals surface area contributed by atoms with E-state index in [0.717, 1.165) is 12.8 Å². The van der Waals surface area contributed by atoms with E-state index in [1.807, 2.05) is 0 Å². The van der Waals surface area contributed by atoms with Gasteiger partial charge in [0.1, 0.15) is 11.7 Å². The monoisotopic (exact) mass is 403 g/mol. The predicted octanol–water partition coefficient (Wildman–Crippen LogP) is 3.37. The van der Waals surface area contributed by atoms with Gasteiger partial charge in [-0.2, -0.15) is 0 Å². The second-order valence-corrected chi connectivity index (χ2v) is 8.31. The Morgan fingerprint density at radius 1 is 1.14 bits per heavy atom. The molecule has 0 bridgehead atoms. The third-order valence-electron chi connectivity index (χ3n) is 4.45. The Morgan fingerprint density at radius 3 is 2.71 bits per heavy atom. The van der Waals surface area contributed by atoms with E-state index in [0.29, 0.717) is 42.0 Å². The van der Waals surface area contributed by atoms with E-state index in [4.69, 9.17) is 0 Å². The predicted molar refractivity (Wildman–Crippen MR) is 106 cm³/mol. The molecular weight excluding hydrogens is 381 g/mol. The van der Waals surface area contributed by atoms with Crippen LogP contribution in [0.4, 0.5) is 10.1 Å². The van der Waals surface area contributed by atoms with Gasteiger partial charge in [-0.15, -0.1) is 0 Å². The van der Waals surface area contributed by atoms with Gasteiger partial charge < -0.3 is 5.32 Å². The summed E-state index contributed by atoms with van der Waals surface area (Å²) in [6.07, 6.45) is 2.52. The van der Waals surface area contributed by atoms with Gasteiger partial charge >= 0.3 is 0 Å². The third-order valence-corrected chi connectivity index (χ3v) is 5.85. The van der Waals surface area contributed by atoms with Gasteiger partial charge in [0.15, 0.2) is 0 Å². The van der Waals surface area contributed by atoms with Crippen LogP contribution in [0.3, 0.4) is 0 Å². The van der Waals surface area contributed by atoms with Crippen LogP contribution in [0.5, 0.6) is 0 Å². The molecule has 0 spiro atoms. The number of hydrogen-bond donors (Lipinski definition) is 2. The molecule has 148 valence electrons. The van der Waals surface area contributed by atoms with E-state index < -0.39 is 10.0 Å². The number of rotatable bonds is 7. The molecule has 2 N–H and O–H groups in total. The van der Waals surface area contributed by atoms with Crippen molar-refractivity contribution in [3.63, 3.8) is 0 Å². The van der Waals surface area contributed by atoms with Crippen LogP contribution in [0.1, 0.15) is 36.8 Å². The van der Waals surface area contributed by atoms with Gasteiger partial charge in [0, 0.05) is 24.2 Å². The highest BCUT2D eigenvalue weighted by Gasteiger charge is 2.29. The van der Waals surface area contributed by atoms with Crippen molar-refractivity contribution in [2.45, 2.75) is 37.5 Å². The van der Waals surface area contributed by atoms with Crippen molar-refractivity contribution in [3.05, 3.63) is 59.4 Å². The number of unbranched alkanes of at least 4 members (excludes halogenated alkanes) is 2. The second kappa shape index (κ2) is 8.52. The maximum absolute atomic E-state index is 13.5. The van der Waals surface area contributed by atoms with Gasteiger partial charge in [0.25, 0.3) is 10.0 Å². The van der Waals surface area contributed by atoms with E-state index in [-0.39, 0.29) is 16.6 Å². The number of carbonyl (C=O) groups excluding carboxylic acids is 1. The number of nitrogens with one attached hydrogen (secondary N) is 2. The fourth-order valence-electron chi connectivity index (χ4n) is 2.91. The van der Waals surface area contributed by atoms with Crippen LogP contribution in [0.25, 0.3) is 0 Å². The lowest BCUT2D eigenvalue weighted by Gasteiger charge is -2.06. The molecule has 1 aliphatic heterocycles. The molecule has 3 rings (SSSR count). The lowest BCUT2D eigenvalue weighted by atomic mass is 10.1. The van der Waals surface area contributed by atoms with Crippen molar-refractivity contribution in [2.24, 2.45) is 4.99 Å². The number of hydrogen-bond acceptors (Lipinski definition) is 4. The topological polar surface area (TPSA) is 87.6 Å². The minimum Gasteiger partial charge on any atom is -0.326 e. The number of anilines is 1. The summed E-state index contributed by atoms with van der Waals surface area (Å²) in [5.41, 5.74) is 1.57. The molecule has 6 nitrogen and oxygen atoms in total. The number of aryl methyl sites for hydroxylation is 1. The molecule has 1 amide bonds. The molecule has 1 aliphatic rings. The van der Waals surface area contributed by atoms with E-state index >= 15 is 0 Å². The Kier molecular flexibility index (Phi) is 6.08. The summed E-state index contributed by atoms with van der Waals surface area (Å²) in [5, 5.41) is 2.68. The number of carbonyl (C=O) groups is 1. The number of benzene rings is 2. The summed E-state index contributed by atoms with van der Waals surface area (Å²) in [6.45, 7) is 2.14. The van der Waals surface area contributed by atoms with Crippen LogP contribution in [0.2, 0.25) is 0 Å². The minimum absolute atomic E-state index is 0.160. The Bertz CT molecular complexity index is 1020. The molecule has 1 heterocycles. The number of amides is 1. The van der Waals surface area contributed by atoms with Gasteiger partial charge in [-0.1, -0.05) is 24.6 Å².